The summed E-state index contributed by atoms with van der Waals surface area (Å²) in [4.78, 5) is 14.7. The molecule has 0 spiro atoms. The number of carbonyl (C=O) groups is 1. The number of hydrogen-bond donors (Lipinski definition) is 1. The zero-order valence-electron chi connectivity index (χ0n) is 12.9. The van der Waals surface area contributed by atoms with E-state index in [9.17, 15) is 13.6 Å². The molecule has 0 radical (unpaired) electrons. The van der Waals surface area contributed by atoms with Crippen LogP contribution in [-0.4, -0.2) is 18.0 Å². The number of urea groups is 1. The number of nitrogens with one attached hydrogen (secondary N) is 1. The Bertz CT molecular complexity index is 707. The molecule has 1 aromatic heterocycles. The molecule has 1 N–H and O–H groups in total. The molecule has 1 heterocycles. The Kier molecular flexibility index (Phi) is 5.59. The van der Waals surface area contributed by atoms with E-state index in [1.165, 1.54) is 22.3 Å². The van der Waals surface area contributed by atoms with Crippen LogP contribution in [0, 0.1) is 11.6 Å². The smallest absolute Gasteiger partial charge is 0.318 e. The summed E-state index contributed by atoms with van der Waals surface area (Å²) in [7, 11) is 1.61. The van der Waals surface area contributed by atoms with Crippen LogP contribution in [0.15, 0.2) is 30.3 Å². The number of halogens is 3. The van der Waals surface area contributed by atoms with Crippen LogP contribution in [0.2, 0.25) is 4.34 Å². The molecule has 2 unspecified atom stereocenters. The van der Waals surface area contributed by atoms with Gasteiger partial charge in [0.2, 0.25) is 0 Å². The predicted molar refractivity (Wildman–Crippen MR) is 88.8 cm³/mol. The van der Waals surface area contributed by atoms with Crippen molar-refractivity contribution in [2.24, 2.45) is 0 Å². The highest BCUT2D eigenvalue weighted by Gasteiger charge is 2.21. The van der Waals surface area contributed by atoms with E-state index >= 15 is 0 Å². The molecule has 2 rings (SSSR count). The Morgan fingerprint density at radius 3 is 2.48 bits per heavy atom. The monoisotopic (exact) mass is 358 g/mol. The molecule has 0 aliphatic heterocycles. The fraction of sp³-hybridized carbons (Fsp3) is 0.312. The van der Waals surface area contributed by atoms with E-state index in [-0.39, 0.29) is 12.1 Å². The zero-order chi connectivity index (χ0) is 17.1. The number of hydrogen-bond acceptors (Lipinski definition) is 2. The Hall–Kier alpha value is -1.66. The van der Waals surface area contributed by atoms with Crippen molar-refractivity contribution in [1.29, 1.82) is 0 Å². The molecule has 0 saturated heterocycles. The Labute approximate surface area is 142 Å². The summed E-state index contributed by atoms with van der Waals surface area (Å²) in [6.45, 7) is 3.61. The maximum absolute atomic E-state index is 13.3. The van der Waals surface area contributed by atoms with Crippen molar-refractivity contribution in [3.05, 3.63) is 56.7 Å². The van der Waals surface area contributed by atoms with Gasteiger partial charge in [-0.3, -0.25) is 0 Å². The largest absolute Gasteiger partial charge is 0.331 e. The normalized spacial score (nSPS) is 13.5. The van der Waals surface area contributed by atoms with Crippen LogP contribution in [0.3, 0.4) is 0 Å². The van der Waals surface area contributed by atoms with Gasteiger partial charge < -0.3 is 10.2 Å². The number of carbonyl (C=O) groups excluding carboxylic acids is 1. The lowest BCUT2D eigenvalue weighted by molar-refractivity contribution is 0.191. The first-order chi connectivity index (χ1) is 10.8. The number of thiophene rings is 1. The summed E-state index contributed by atoms with van der Waals surface area (Å²) in [5.41, 5.74) is 0.522. The van der Waals surface area contributed by atoms with Gasteiger partial charge in [0, 0.05) is 11.9 Å². The van der Waals surface area contributed by atoms with Crippen molar-refractivity contribution in [2.45, 2.75) is 25.9 Å². The number of rotatable bonds is 4. The van der Waals surface area contributed by atoms with Crippen molar-refractivity contribution in [3.63, 3.8) is 0 Å². The molecular formula is C16H17ClF2N2OS. The Morgan fingerprint density at radius 2 is 1.91 bits per heavy atom. The van der Waals surface area contributed by atoms with Gasteiger partial charge in [0.05, 0.1) is 16.4 Å². The first-order valence-corrected chi connectivity index (χ1v) is 8.22. The van der Waals surface area contributed by atoms with Crippen molar-refractivity contribution in [2.75, 3.05) is 7.05 Å². The maximum Gasteiger partial charge on any atom is 0.318 e. The highest BCUT2D eigenvalue weighted by atomic mass is 35.5. The lowest BCUT2D eigenvalue weighted by Gasteiger charge is -2.27. The minimum Gasteiger partial charge on any atom is -0.331 e. The third kappa shape index (κ3) is 4.20. The molecule has 124 valence electrons. The van der Waals surface area contributed by atoms with Crippen LogP contribution in [0.1, 0.15) is 36.4 Å². The summed E-state index contributed by atoms with van der Waals surface area (Å²) >= 11 is 7.29. The molecule has 2 aromatic rings. The van der Waals surface area contributed by atoms with E-state index in [0.29, 0.717) is 9.90 Å². The third-order valence-electron chi connectivity index (χ3n) is 3.69. The van der Waals surface area contributed by atoms with Gasteiger partial charge in [-0.2, -0.15) is 0 Å². The van der Waals surface area contributed by atoms with Gasteiger partial charge in [0.25, 0.3) is 0 Å². The lowest BCUT2D eigenvalue weighted by Crippen LogP contribution is -2.39. The minimum absolute atomic E-state index is 0.195. The minimum atomic E-state index is -0.926. The van der Waals surface area contributed by atoms with Gasteiger partial charge in [0.15, 0.2) is 11.6 Å². The van der Waals surface area contributed by atoms with E-state index in [4.69, 9.17) is 11.6 Å². The topological polar surface area (TPSA) is 32.3 Å². The quantitative estimate of drug-likeness (QED) is 0.806. The second-order valence-corrected chi connectivity index (χ2v) is 7.02. The van der Waals surface area contributed by atoms with E-state index < -0.39 is 17.7 Å². The number of amides is 2. The van der Waals surface area contributed by atoms with Crippen LogP contribution in [0.25, 0.3) is 0 Å². The molecular weight excluding hydrogens is 342 g/mol. The molecule has 23 heavy (non-hydrogen) atoms. The average Bonchev–Trinajstić information content (AvgIpc) is 2.95. The molecule has 0 bridgehead atoms. The first kappa shape index (κ1) is 17.7. The van der Waals surface area contributed by atoms with Gasteiger partial charge in [0.1, 0.15) is 0 Å². The third-order valence-corrected chi connectivity index (χ3v) is 5.10. The highest BCUT2D eigenvalue weighted by Crippen LogP contribution is 2.27. The fourth-order valence-corrected chi connectivity index (χ4v) is 3.15. The van der Waals surface area contributed by atoms with Crippen LogP contribution in [0.5, 0.6) is 0 Å². The number of benzene rings is 1. The van der Waals surface area contributed by atoms with Crippen LogP contribution in [0.4, 0.5) is 13.6 Å². The molecule has 2 amide bonds. The van der Waals surface area contributed by atoms with Gasteiger partial charge in [-0.25, -0.2) is 13.6 Å². The van der Waals surface area contributed by atoms with Crippen molar-refractivity contribution in [1.82, 2.24) is 10.2 Å². The Morgan fingerprint density at radius 1 is 1.22 bits per heavy atom. The van der Waals surface area contributed by atoms with Crippen molar-refractivity contribution in [3.8, 4) is 0 Å². The second kappa shape index (κ2) is 7.27. The second-order valence-electron chi connectivity index (χ2n) is 5.27. The summed E-state index contributed by atoms with van der Waals surface area (Å²) < 4.78 is 27.0. The molecule has 7 heteroatoms. The first-order valence-electron chi connectivity index (χ1n) is 7.03. The molecule has 0 aliphatic rings. The summed E-state index contributed by atoms with van der Waals surface area (Å²) in [5, 5.41) is 2.86. The molecule has 0 saturated carbocycles. The number of nitrogens with zero attached hydrogens (tertiary/aromatic N) is 1. The van der Waals surface area contributed by atoms with Crippen LogP contribution < -0.4 is 5.32 Å². The summed E-state index contributed by atoms with van der Waals surface area (Å²) in [6.07, 6.45) is 0. The summed E-state index contributed by atoms with van der Waals surface area (Å²) in [5.74, 6) is -1.83. The van der Waals surface area contributed by atoms with Crippen LogP contribution in [-0.2, 0) is 0 Å². The molecule has 0 aliphatic carbocycles. The highest BCUT2D eigenvalue weighted by molar-refractivity contribution is 7.16. The molecule has 0 fully saturated rings. The Balaban J connectivity index is 2.04. The molecule has 1 aromatic carbocycles. The van der Waals surface area contributed by atoms with E-state index in [1.54, 1.807) is 20.0 Å². The average molecular weight is 359 g/mol. The van der Waals surface area contributed by atoms with Crippen molar-refractivity contribution >= 4 is 29.0 Å². The van der Waals surface area contributed by atoms with Crippen LogP contribution >= 0.6 is 22.9 Å². The van der Waals surface area contributed by atoms with E-state index in [1.807, 2.05) is 13.0 Å². The molecule has 3 nitrogen and oxygen atoms in total. The van der Waals surface area contributed by atoms with Gasteiger partial charge in [-0.1, -0.05) is 17.7 Å². The standard InChI is InChI=1S/C16H17ClF2N2OS/c1-9(14-6-7-15(17)23-14)20-16(22)21(3)10(2)11-4-5-12(18)13(19)8-11/h4-10H,1-3H3,(H,20,22). The van der Waals surface area contributed by atoms with Crippen molar-refractivity contribution < 1.29 is 13.6 Å². The van der Waals surface area contributed by atoms with E-state index in [2.05, 4.69) is 5.32 Å². The van der Waals surface area contributed by atoms with E-state index in [0.717, 1.165) is 17.0 Å². The molecule has 2 atom stereocenters. The summed E-state index contributed by atoms with van der Waals surface area (Å²) in [6, 6.07) is 6.36. The maximum atomic E-state index is 13.3. The fourth-order valence-electron chi connectivity index (χ4n) is 2.09. The zero-order valence-corrected chi connectivity index (χ0v) is 14.5. The predicted octanol–water partition coefficient (Wildman–Crippen LogP) is 5.14. The van der Waals surface area contributed by atoms with Gasteiger partial charge in [-0.05, 0) is 43.7 Å². The van der Waals surface area contributed by atoms with Gasteiger partial charge in [-0.15, -0.1) is 11.3 Å². The SMILES string of the molecule is CC(NC(=O)N(C)C(C)c1ccc(F)c(F)c1)c1ccc(Cl)s1. The lowest BCUT2D eigenvalue weighted by atomic mass is 10.1. The van der Waals surface area contributed by atoms with Gasteiger partial charge >= 0.3 is 6.03 Å².